The third-order valence-electron chi connectivity index (χ3n) is 6.62. The second-order valence-corrected chi connectivity index (χ2v) is 9.90. The Morgan fingerprint density at radius 1 is 0.935 bits per heavy atom. The van der Waals surface area contributed by atoms with Crippen LogP contribution in [0.2, 0.25) is 0 Å². The normalized spacial score (nSPS) is 12.0. The van der Waals surface area contributed by atoms with Gasteiger partial charge in [-0.15, -0.1) is 0 Å². The zero-order valence-corrected chi connectivity index (χ0v) is 20.5. The lowest BCUT2D eigenvalue weighted by molar-refractivity contribution is -0.129. The van der Waals surface area contributed by atoms with Gasteiger partial charge in [0.1, 0.15) is 11.5 Å². The van der Waals surface area contributed by atoms with E-state index in [9.17, 15) is 9.90 Å². The third kappa shape index (κ3) is 5.39. The first-order chi connectivity index (χ1) is 14.4. The summed E-state index contributed by atoms with van der Waals surface area (Å²) in [6, 6.07) is 8.24. The number of aromatic hydroxyl groups is 1. The molecule has 0 unspecified atom stereocenters. The number of carbonyl (C=O) groups is 1. The molecule has 0 aromatic heterocycles. The molecule has 0 fully saturated rings. The van der Waals surface area contributed by atoms with Gasteiger partial charge in [0.25, 0.3) is 0 Å². The molecule has 0 atom stereocenters. The first kappa shape index (κ1) is 24.7. The highest BCUT2D eigenvalue weighted by atomic mass is 16.5. The number of phenols is 1. The molecule has 2 aromatic carbocycles. The predicted molar refractivity (Wildman–Crippen MR) is 129 cm³/mol. The molecule has 0 saturated heterocycles. The SMILES string of the molecule is C=CC(=O)Oc1c(Cc2cc(C)cc(C(C)(C)CC)c2O)cc(C)cc1C(C)(C)CC. The summed E-state index contributed by atoms with van der Waals surface area (Å²) in [7, 11) is 0. The van der Waals surface area contributed by atoms with Crippen LogP contribution in [0.15, 0.2) is 36.9 Å². The average molecular weight is 423 g/mol. The van der Waals surface area contributed by atoms with Crippen molar-refractivity contribution in [2.75, 3.05) is 0 Å². The van der Waals surface area contributed by atoms with Crippen LogP contribution in [0.1, 0.15) is 87.8 Å². The Labute approximate surface area is 188 Å². The lowest BCUT2D eigenvalue weighted by Crippen LogP contribution is -2.20. The van der Waals surface area contributed by atoms with Gasteiger partial charge in [0.2, 0.25) is 0 Å². The zero-order valence-electron chi connectivity index (χ0n) is 20.5. The number of rotatable bonds is 8. The Kier molecular flexibility index (Phi) is 7.41. The van der Waals surface area contributed by atoms with Gasteiger partial charge in [-0.2, -0.15) is 0 Å². The Bertz CT molecular complexity index is 980. The molecular weight excluding hydrogens is 384 g/mol. The minimum Gasteiger partial charge on any atom is -0.507 e. The zero-order chi connectivity index (χ0) is 23.6. The van der Waals surface area contributed by atoms with E-state index >= 15 is 0 Å². The molecule has 3 heteroatoms. The molecule has 0 saturated carbocycles. The molecular formula is C28H38O3. The van der Waals surface area contributed by atoms with Gasteiger partial charge in [-0.25, -0.2) is 4.79 Å². The van der Waals surface area contributed by atoms with Gasteiger partial charge in [0, 0.05) is 29.2 Å². The molecule has 0 aliphatic heterocycles. The molecule has 0 aliphatic carbocycles. The van der Waals surface area contributed by atoms with Crippen LogP contribution in [-0.2, 0) is 22.0 Å². The standard InChI is InChI=1S/C28H38O3/c1-10-24(29)31-26-21(14-19(5)16-23(26)28(8,9)12-3)17-20-13-18(4)15-22(25(20)30)27(6,7)11-2/h10,13-16,30H,1,11-12,17H2,2-9H3. The van der Waals surface area contributed by atoms with E-state index in [0.29, 0.717) is 17.9 Å². The van der Waals surface area contributed by atoms with E-state index in [1.54, 1.807) is 0 Å². The predicted octanol–water partition coefficient (Wildman–Crippen LogP) is 7.07. The third-order valence-corrected chi connectivity index (χ3v) is 6.62. The molecule has 0 heterocycles. The van der Waals surface area contributed by atoms with Gasteiger partial charge in [0.05, 0.1) is 0 Å². The van der Waals surface area contributed by atoms with Crippen LogP contribution in [0.5, 0.6) is 11.5 Å². The molecule has 1 N–H and O–H groups in total. The van der Waals surface area contributed by atoms with Crippen LogP contribution in [-0.4, -0.2) is 11.1 Å². The van der Waals surface area contributed by atoms with Crippen molar-refractivity contribution in [3.05, 3.63) is 70.3 Å². The molecule has 0 bridgehead atoms. The highest BCUT2D eigenvalue weighted by Crippen LogP contribution is 2.41. The average Bonchev–Trinajstić information content (AvgIpc) is 2.71. The minimum absolute atomic E-state index is 0.134. The molecule has 2 aromatic rings. The van der Waals surface area contributed by atoms with Gasteiger partial charge < -0.3 is 9.84 Å². The van der Waals surface area contributed by atoms with E-state index in [2.05, 4.69) is 74.1 Å². The Hall–Kier alpha value is -2.55. The maximum absolute atomic E-state index is 12.2. The van der Waals surface area contributed by atoms with Gasteiger partial charge in [-0.1, -0.05) is 83.5 Å². The Morgan fingerprint density at radius 2 is 1.42 bits per heavy atom. The summed E-state index contributed by atoms with van der Waals surface area (Å²) in [5.41, 5.74) is 5.61. The van der Waals surface area contributed by atoms with Crippen molar-refractivity contribution in [1.82, 2.24) is 0 Å². The number of benzene rings is 2. The summed E-state index contributed by atoms with van der Waals surface area (Å²) in [5, 5.41) is 11.2. The maximum Gasteiger partial charge on any atom is 0.335 e. The van der Waals surface area contributed by atoms with E-state index in [1.165, 1.54) is 6.08 Å². The summed E-state index contributed by atoms with van der Waals surface area (Å²) < 4.78 is 5.79. The topological polar surface area (TPSA) is 46.5 Å². The number of aryl methyl sites for hydroxylation is 2. The summed E-state index contributed by atoms with van der Waals surface area (Å²) in [6.07, 6.45) is 3.50. The summed E-state index contributed by atoms with van der Waals surface area (Å²) in [4.78, 5) is 12.2. The van der Waals surface area contributed by atoms with Crippen LogP contribution >= 0.6 is 0 Å². The van der Waals surface area contributed by atoms with Crippen molar-refractivity contribution >= 4 is 5.97 Å². The quantitative estimate of drug-likeness (QED) is 0.281. The highest BCUT2D eigenvalue weighted by Gasteiger charge is 2.28. The molecule has 168 valence electrons. The van der Waals surface area contributed by atoms with E-state index in [-0.39, 0.29) is 10.8 Å². The van der Waals surface area contributed by atoms with Crippen LogP contribution in [0.3, 0.4) is 0 Å². The van der Waals surface area contributed by atoms with Crippen LogP contribution < -0.4 is 4.74 Å². The van der Waals surface area contributed by atoms with Crippen LogP contribution in [0.25, 0.3) is 0 Å². The molecule has 0 amide bonds. The number of hydrogen-bond acceptors (Lipinski definition) is 3. The van der Waals surface area contributed by atoms with E-state index in [1.807, 2.05) is 12.1 Å². The van der Waals surface area contributed by atoms with Gasteiger partial charge in [-0.05, 0) is 43.1 Å². The van der Waals surface area contributed by atoms with Crippen molar-refractivity contribution in [2.24, 2.45) is 0 Å². The molecule has 2 rings (SSSR count). The fourth-order valence-electron chi connectivity index (χ4n) is 3.84. The van der Waals surface area contributed by atoms with Crippen LogP contribution in [0.4, 0.5) is 0 Å². The summed E-state index contributed by atoms with van der Waals surface area (Å²) in [5.74, 6) is 0.440. The first-order valence-corrected chi connectivity index (χ1v) is 11.2. The minimum atomic E-state index is -0.473. The molecule has 0 radical (unpaired) electrons. The molecule has 3 nitrogen and oxygen atoms in total. The lowest BCUT2D eigenvalue weighted by Gasteiger charge is -2.28. The molecule has 0 spiro atoms. The van der Waals surface area contributed by atoms with Gasteiger partial charge in [0.15, 0.2) is 0 Å². The van der Waals surface area contributed by atoms with Gasteiger partial charge in [-0.3, -0.25) is 0 Å². The largest absolute Gasteiger partial charge is 0.507 e. The number of esters is 1. The van der Waals surface area contributed by atoms with E-state index < -0.39 is 5.97 Å². The Morgan fingerprint density at radius 3 is 1.94 bits per heavy atom. The number of phenolic OH excluding ortho intramolecular Hbond substituents is 1. The fraction of sp³-hybridized carbons (Fsp3) is 0.464. The van der Waals surface area contributed by atoms with Crippen molar-refractivity contribution in [2.45, 2.75) is 85.5 Å². The lowest BCUT2D eigenvalue weighted by atomic mass is 9.78. The van der Waals surface area contributed by atoms with Crippen molar-refractivity contribution < 1.29 is 14.6 Å². The number of ether oxygens (including phenoxy) is 1. The van der Waals surface area contributed by atoms with Gasteiger partial charge >= 0.3 is 5.97 Å². The van der Waals surface area contributed by atoms with Crippen molar-refractivity contribution in [3.63, 3.8) is 0 Å². The Balaban J connectivity index is 2.72. The number of hydrogen-bond donors (Lipinski definition) is 1. The van der Waals surface area contributed by atoms with Crippen LogP contribution in [0, 0.1) is 13.8 Å². The number of carbonyl (C=O) groups excluding carboxylic acids is 1. The van der Waals surface area contributed by atoms with E-state index in [4.69, 9.17) is 4.74 Å². The van der Waals surface area contributed by atoms with E-state index in [0.717, 1.165) is 46.2 Å². The summed E-state index contributed by atoms with van der Waals surface area (Å²) in [6.45, 7) is 20.5. The maximum atomic E-state index is 12.2. The smallest absolute Gasteiger partial charge is 0.335 e. The van der Waals surface area contributed by atoms with Crippen molar-refractivity contribution in [1.29, 1.82) is 0 Å². The first-order valence-electron chi connectivity index (χ1n) is 11.2. The van der Waals surface area contributed by atoms with Crippen molar-refractivity contribution in [3.8, 4) is 11.5 Å². The fourth-order valence-corrected chi connectivity index (χ4v) is 3.84. The highest BCUT2D eigenvalue weighted by molar-refractivity contribution is 5.84. The second-order valence-electron chi connectivity index (χ2n) is 9.90. The molecule has 31 heavy (non-hydrogen) atoms. The monoisotopic (exact) mass is 422 g/mol. The second kappa shape index (κ2) is 9.30. The molecule has 0 aliphatic rings. The summed E-state index contributed by atoms with van der Waals surface area (Å²) >= 11 is 0.